The van der Waals surface area contributed by atoms with E-state index in [0.717, 1.165) is 128 Å². The first-order chi connectivity index (χ1) is 42.6. The van der Waals surface area contributed by atoms with Gasteiger partial charge in [0.15, 0.2) is 0 Å². The van der Waals surface area contributed by atoms with Gasteiger partial charge >= 0.3 is 0 Å². The molecular weight excluding hydrogens is 1040 g/mol. The number of para-hydroxylation sites is 4. The van der Waals surface area contributed by atoms with Crippen molar-refractivity contribution in [3.63, 3.8) is 0 Å². The molecule has 0 fully saturated rings. The lowest BCUT2D eigenvalue weighted by Crippen LogP contribution is -2.61. The maximum atomic E-state index is 10.5. The Labute approximate surface area is 500 Å². The summed E-state index contributed by atoms with van der Waals surface area (Å²) in [6.45, 7) is -0.0936. The van der Waals surface area contributed by atoms with Gasteiger partial charge in [0.2, 0.25) is 0 Å². The number of rotatable bonds is 9. The second-order valence-electron chi connectivity index (χ2n) is 22.2. The molecule has 86 heavy (non-hydrogen) atoms. The highest BCUT2D eigenvalue weighted by Gasteiger charge is 2.44. The van der Waals surface area contributed by atoms with Crippen molar-refractivity contribution in [1.29, 1.82) is 10.5 Å². The topological polar surface area (TPSA) is 59.0 Å². The number of nitriles is 2. The average molecular weight is 1090 g/mol. The van der Waals surface area contributed by atoms with Crippen molar-refractivity contribution in [2.45, 2.75) is 0 Å². The largest absolute Gasteiger partial charge is 0.311 e. The summed E-state index contributed by atoms with van der Waals surface area (Å²) in [4.78, 5) is 5.07. The molecule has 0 spiro atoms. The lowest BCUT2D eigenvalue weighted by atomic mass is 9.33. The quantitative estimate of drug-likeness (QED) is 0.135. The third-order valence-corrected chi connectivity index (χ3v) is 17.4. The maximum Gasteiger partial charge on any atom is 0.252 e. The van der Waals surface area contributed by atoms with E-state index < -0.39 is 0 Å². The Morgan fingerprint density at radius 2 is 0.721 bits per heavy atom. The van der Waals surface area contributed by atoms with Crippen LogP contribution in [0.1, 0.15) is 11.1 Å². The Hall–Kier alpha value is -11.7. The van der Waals surface area contributed by atoms with E-state index >= 15 is 0 Å². The number of anilines is 6. The van der Waals surface area contributed by atoms with Crippen molar-refractivity contribution >= 4 is 79.0 Å². The summed E-state index contributed by atoms with van der Waals surface area (Å²) >= 11 is 0. The first kappa shape index (κ1) is 50.1. The highest BCUT2D eigenvalue weighted by Crippen LogP contribution is 2.49. The van der Waals surface area contributed by atoms with Crippen LogP contribution in [-0.2, 0) is 0 Å². The Bertz CT molecular complexity index is 4780. The Balaban J connectivity index is 0.983. The van der Waals surface area contributed by atoms with E-state index in [1.807, 2.05) is 12.1 Å². The summed E-state index contributed by atoms with van der Waals surface area (Å²) in [5, 5.41) is 22.5. The molecule has 0 radical (unpaired) electrons. The minimum atomic E-state index is -0.0936. The molecule has 2 aliphatic heterocycles. The molecule has 0 unspecified atom stereocenters. The predicted molar refractivity (Wildman–Crippen MR) is 357 cm³/mol. The standard InChI is InChI=1S/C80H50BN5/c82-51-53-37-39-67(64(41-53)52-83)68-29-13-17-33-73(68)86-74-34-18-14-30-69(74)70-48-58(38-40-75(70)86)63-49-78-80-79(50-63)85(66-46-61(56-25-9-3-10-26-56)43-62(47-66)57-27-11-4-12-28-57)77-36-20-16-32-72(77)81(80)71-31-15-19-35-76(71)84(78)65-44-59(54-21-5-1-6-22-54)42-60(45-65)55-23-7-2-8-24-55/h1-50H. The highest BCUT2D eigenvalue weighted by molar-refractivity contribution is 7.00. The van der Waals surface area contributed by atoms with Crippen molar-refractivity contribution < 1.29 is 0 Å². The van der Waals surface area contributed by atoms with Gasteiger partial charge < -0.3 is 14.4 Å². The Kier molecular flexibility index (Phi) is 12.0. The third-order valence-electron chi connectivity index (χ3n) is 17.4. The van der Waals surface area contributed by atoms with Crippen molar-refractivity contribution in [2.75, 3.05) is 9.80 Å². The van der Waals surface area contributed by atoms with Crippen LogP contribution < -0.4 is 26.2 Å². The minimum Gasteiger partial charge on any atom is -0.311 e. The summed E-state index contributed by atoms with van der Waals surface area (Å²) in [6.07, 6.45) is 0. The molecule has 0 bridgehead atoms. The molecule has 0 saturated carbocycles. The zero-order valence-corrected chi connectivity index (χ0v) is 46.7. The minimum absolute atomic E-state index is 0.0936. The normalized spacial score (nSPS) is 12.1. The van der Waals surface area contributed by atoms with Crippen LogP contribution in [0, 0.1) is 22.7 Å². The van der Waals surface area contributed by atoms with E-state index in [1.54, 1.807) is 12.1 Å². The molecule has 5 nitrogen and oxygen atoms in total. The number of hydrogen-bond acceptors (Lipinski definition) is 4. The maximum absolute atomic E-state index is 10.5. The van der Waals surface area contributed by atoms with E-state index in [4.69, 9.17) is 0 Å². The lowest BCUT2D eigenvalue weighted by molar-refractivity contribution is 1.18. The molecule has 0 N–H and O–H groups in total. The number of fused-ring (bicyclic) bond motifs is 7. The fourth-order valence-corrected chi connectivity index (χ4v) is 13.5. The second kappa shape index (κ2) is 20.6. The second-order valence-corrected chi connectivity index (χ2v) is 22.2. The number of nitrogens with zero attached hydrogens (tertiary/aromatic N) is 5. The molecule has 0 saturated heterocycles. The Morgan fingerprint density at radius 1 is 0.279 bits per heavy atom. The monoisotopic (exact) mass is 1090 g/mol. The third kappa shape index (κ3) is 8.31. The zero-order valence-electron chi connectivity index (χ0n) is 46.7. The molecule has 0 atom stereocenters. The molecule has 16 rings (SSSR count). The first-order valence-electron chi connectivity index (χ1n) is 29.1. The van der Waals surface area contributed by atoms with Crippen molar-refractivity contribution in [3.05, 3.63) is 314 Å². The molecule has 0 amide bonds. The summed E-state index contributed by atoms with van der Waals surface area (Å²) in [5.41, 5.74) is 27.3. The molecule has 1 aromatic heterocycles. The lowest BCUT2D eigenvalue weighted by Gasteiger charge is -2.44. The predicted octanol–water partition coefficient (Wildman–Crippen LogP) is 18.6. The number of benzene rings is 13. The SMILES string of the molecule is N#Cc1ccc(-c2ccccc2-n2c3ccccc3c3cc(-c4cc5c6c(c4)N(c4cc(-c7ccccc7)cc(-c7ccccc7)c4)c4ccccc4B6c4ccccc4N5c4cc(-c5ccccc5)cc(-c5ccccc5)c4)ccc32)c(C#N)c1. The summed E-state index contributed by atoms with van der Waals surface area (Å²) < 4.78 is 2.33. The van der Waals surface area contributed by atoms with Crippen LogP contribution in [0.3, 0.4) is 0 Å². The van der Waals surface area contributed by atoms with E-state index in [1.165, 1.54) is 16.4 Å². The average Bonchev–Trinajstić information content (AvgIpc) is 0.824. The van der Waals surface area contributed by atoms with E-state index in [9.17, 15) is 10.5 Å². The van der Waals surface area contributed by atoms with Gasteiger partial charge in [0.1, 0.15) is 0 Å². The van der Waals surface area contributed by atoms with Gasteiger partial charge in [0.25, 0.3) is 6.71 Å². The van der Waals surface area contributed by atoms with Gasteiger partial charge in [0, 0.05) is 56.0 Å². The molecule has 398 valence electrons. The summed E-state index contributed by atoms with van der Waals surface area (Å²) in [5.74, 6) is 0. The van der Waals surface area contributed by atoms with Gasteiger partial charge in [0.05, 0.1) is 40.0 Å². The van der Waals surface area contributed by atoms with Gasteiger partial charge in [-0.1, -0.05) is 206 Å². The molecule has 6 heteroatoms. The molecule has 2 aliphatic rings. The zero-order chi connectivity index (χ0) is 57.2. The van der Waals surface area contributed by atoms with Crippen LogP contribution in [0.15, 0.2) is 303 Å². The molecule has 13 aromatic carbocycles. The van der Waals surface area contributed by atoms with Crippen LogP contribution in [0.2, 0.25) is 0 Å². The van der Waals surface area contributed by atoms with Crippen LogP contribution in [0.5, 0.6) is 0 Å². The highest BCUT2D eigenvalue weighted by atomic mass is 15.2. The van der Waals surface area contributed by atoms with Gasteiger partial charge in [-0.25, -0.2) is 0 Å². The molecular formula is C80H50BN5. The van der Waals surface area contributed by atoms with E-state index in [0.29, 0.717) is 11.1 Å². The van der Waals surface area contributed by atoms with Gasteiger partial charge in [-0.15, -0.1) is 0 Å². The summed E-state index contributed by atoms with van der Waals surface area (Å²) in [6, 6.07) is 114. The van der Waals surface area contributed by atoms with Crippen LogP contribution in [-0.4, -0.2) is 11.3 Å². The fourth-order valence-electron chi connectivity index (χ4n) is 13.5. The van der Waals surface area contributed by atoms with Crippen LogP contribution in [0.25, 0.3) is 94.3 Å². The van der Waals surface area contributed by atoms with E-state index in [2.05, 4.69) is 306 Å². The van der Waals surface area contributed by atoms with Crippen molar-refractivity contribution in [2.24, 2.45) is 0 Å². The van der Waals surface area contributed by atoms with Crippen LogP contribution in [0.4, 0.5) is 34.1 Å². The van der Waals surface area contributed by atoms with Gasteiger partial charge in [-0.2, -0.15) is 10.5 Å². The van der Waals surface area contributed by atoms with Gasteiger partial charge in [-0.3, -0.25) is 0 Å². The first-order valence-corrected chi connectivity index (χ1v) is 29.1. The van der Waals surface area contributed by atoms with Gasteiger partial charge in [-0.05, 0) is 169 Å². The van der Waals surface area contributed by atoms with Crippen molar-refractivity contribution in [1.82, 2.24) is 4.57 Å². The molecule has 14 aromatic rings. The molecule has 0 aliphatic carbocycles. The molecule has 3 heterocycles. The van der Waals surface area contributed by atoms with E-state index in [-0.39, 0.29) is 6.71 Å². The number of aromatic nitrogens is 1. The smallest absolute Gasteiger partial charge is 0.252 e. The van der Waals surface area contributed by atoms with Crippen molar-refractivity contribution in [3.8, 4) is 84.6 Å². The summed E-state index contributed by atoms with van der Waals surface area (Å²) in [7, 11) is 0. The van der Waals surface area contributed by atoms with Crippen LogP contribution >= 0.6 is 0 Å². The number of hydrogen-bond donors (Lipinski definition) is 0. The fraction of sp³-hybridized carbons (Fsp3) is 0. The Morgan fingerprint density at radius 3 is 1.23 bits per heavy atom.